The van der Waals surface area contributed by atoms with E-state index in [1.54, 1.807) is 4.68 Å². The molecular formula is C20H25N9. The van der Waals surface area contributed by atoms with Gasteiger partial charge < -0.3 is 16.8 Å². The maximum atomic E-state index is 6.31. The number of benzene rings is 2. The molecule has 5 N–H and O–H groups in total. The summed E-state index contributed by atoms with van der Waals surface area (Å²) in [6.45, 7) is 2.32. The summed E-state index contributed by atoms with van der Waals surface area (Å²) < 4.78 is 1.70. The minimum atomic E-state index is -0.270. The average molecular weight is 391 g/mol. The molecule has 0 spiro atoms. The van der Waals surface area contributed by atoms with Crippen molar-refractivity contribution >= 4 is 5.82 Å². The number of nitrogens with two attached hydrogens (primary N) is 2. The second-order valence-electron chi connectivity index (χ2n) is 7.04. The molecule has 9 nitrogen and oxygen atoms in total. The van der Waals surface area contributed by atoms with Crippen LogP contribution in [0.2, 0.25) is 0 Å². The Bertz CT molecular complexity index is 939. The smallest absolute Gasteiger partial charge is 0.147 e. The molecule has 0 radical (unpaired) electrons. The molecule has 9 heteroatoms. The summed E-state index contributed by atoms with van der Waals surface area (Å²) >= 11 is 0. The molecule has 0 aliphatic carbocycles. The fourth-order valence-corrected chi connectivity index (χ4v) is 3.22. The molecule has 0 bridgehead atoms. The van der Waals surface area contributed by atoms with E-state index in [-0.39, 0.29) is 12.2 Å². The Morgan fingerprint density at radius 3 is 2.28 bits per heavy atom. The number of nitrogen functional groups attached to an aromatic ring is 1. The number of hydrogen-bond donors (Lipinski definition) is 3. The van der Waals surface area contributed by atoms with Crippen molar-refractivity contribution in [3.05, 3.63) is 77.5 Å². The fraction of sp³-hybridized carbons (Fsp3) is 0.300. The first-order valence-electron chi connectivity index (χ1n) is 9.60. The van der Waals surface area contributed by atoms with Crippen LogP contribution < -0.4 is 16.8 Å². The van der Waals surface area contributed by atoms with Gasteiger partial charge in [0, 0.05) is 13.1 Å². The first kappa shape index (κ1) is 19.0. The van der Waals surface area contributed by atoms with Gasteiger partial charge in [-0.2, -0.15) is 5.11 Å². The van der Waals surface area contributed by atoms with E-state index in [1.807, 2.05) is 53.5 Å². The van der Waals surface area contributed by atoms with Crippen LogP contribution in [0.15, 0.2) is 71.0 Å². The Labute approximate surface area is 169 Å². The highest BCUT2D eigenvalue weighted by molar-refractivity contribution is 5.34. The van der Waals surface area contributed by atoms with Gasteiger partial charge in [-0.1, -0.05) is 71.1 Å². The number of nitrogens with one attached hydrogen (secondary N) is 1. The number of anilines is 1. The second-order valence-corrected chi connectivity index (χ2v) is 7.04. The fourth-order valence-electron chi connectivity index (χ4n) is 3.22. The standard InChI is InChI=1S/C20H25N9/c21-19-17(24-26-28(19)13-15-7-3-1-4-8-15)11-23-12-18-20(22)29(27-25-18)14-16-9-5-2-6-10-16/h1-10,17,19,23H,11-14,21-22H2. The van der Waals surface area contributed by atoms with E-state index in [2.05, 4.69) is 38.1 Å². The van der Waals surface area contributed by atoms with Gasteiger partial charge in [-0.15, -0.1) is 5.10 Å². The molecule has 0 amide bonds. The van der Waals surface area contributed by atoms with Crippen LogP contribution in [-0.2, 0) is 19.6 Å². The average Bonchev–Trinajstić information content (AvgIpc) is 3.27. The van der Waals surface area contributed by atoms with Crippen molar-refractivity contribution in [1.82, 2.24) is 25.3 Å². The van der Waals surface area contributed by atoms with Gasteiger partial charge in [-0.05, 0) is 11.1 Å². The van der Waals surface area contributed by atoms with Crippen molar-refractivity contribution in [1.29, 1.82) is 0 Å². The van der Waals surface area contributed by atoms with Crippen LogP contribution in [0.3, 0.4) is 0 Å². The first-order chi connectivity index (χ1) is 14.2. The van der Waals surface area contributed by atoms with Crippen molar-refractivity contribution in [2.45, 2.75) is 31.8 Å². The van der Waals surface area contributed by atoms with Crippen LogP contribution in [0, 0.1) is 0 Å². The second kappa shape index (κ2) is 8.80. The van der Waals surface area contributed by atoms with Gasteiger partial charge in [0.05, 0.1) is 13.1 Å². The summed E-state index contributed by atoms with van der Waals surface area (Å²) in [6, 6.07) is 20.0. The first-order valence-corrected chi connectivity index (χ1v) is 9.60. The minimum absolute atomic E-state index is 0.126. The van der Waals surface area contributed by atoms with Crippen LogP contribution in [0.1, 0.15) is 16.8 Å². The molecule has 29 heavy (non-hydrogen) atoms. The lowest BCUT2D eigenvalue weighted by Gasteiger charge is -2.22. The highest BCUT2D eigenvalue weighted by Crippen LogP contribution is 2.17. The summed E-state index contributed by atoms with van der Waals surface area (Å²) in [4.78, 5) is 0. The largest absolute Gasteiger partial charge is 0.382 e. The van der Waals surface area contributed by atoms with Gasteiger partial charge >= 0.3 is 0 Å². The van der Waals surface area contributed by atoms with Gasteiger partial charge in [-0.25, -0.2) is 4.68 Å². The van der Waals surface area contributed by atoms with Crippen LogP contribution in [-0.4, -0.2) is 38.8 Å². The Kier molecular flexibility index (Phi) is 5.78. The third-order valence-corrected chi connectivity index (χ3v) is 4.91. The molecule has 2 atom stereocenters. The van der Waals surface area contributed by atoms with E-state index in [0.717, 1.165) is 11.1 Å². The number of rotatable bonds is 8. The molecular weight excluding hydrogens is 366 g/mol. The zero-order valence-electron chi connectivity index (χ0n) is 16.1. The third-order valence-electron chi connectivity index (χ3n) is 4.91. The zero-order valence-corrected chi connectivity index (χ0v) is 16.1. The quantitative estimate of drug-likeness (QED) is 0.535. The molecule has 0 saturated heterocycles. The monoisotopic (exact) mass is 391 g/mol. The van der Waals surface area contributed by atoms with E-state index < -0.39 is 0 Å². The Hall–Kier alpha value is -3.30. The Morgan fingerprint density at radius 2 is 1.59 bits per heavy atom. The normalized spacial score (nSPS) is 18.4. The molecule has 4 rings (SSSR count). The topological polar surface area (TPSA) is 123 Å². The van der Waals surface area contributed by atoms with E-state index in [1.165, 1.54) is 0 Å². The van der Waals surface area contributed by atoms with E-state index in [4.69, 9.17) is 11.5 Å². The number of nitrogens with zero attached hydrogens (tertiary/aromatic N) is 6. The molecule has 0 fully saturated rings. The van der Waals surface area contributed by atoms with Crippen molar-refractivity contribution in [2.75, 3.05) is 12.3 Å². The summed E-state index contributed by atoms with van der Waals surface area (Å²) in [5, 5.41) is 22.0. The van der Waals surface area contributed by atoms with Crippen LogP contribution >= 0.6 is 0 Å². The molecule has 150 valence electrons. The molecule has 2 heterocycles. The summed E-state index contributed by atoms with van der Waals surface area (Å²) in [5.41, 5.74) is 15.5. The van der Waals surface area contributed by atoms with Gasteiger partial charge in [0.15, 0.2) is 0 Å². The lowest BCUT2D eigenvalue weighted by molar-refractivity contribution is 0.213. The lowest BCUT2D eigenvalue weighted by atomic mass is 10.2. The molecule has 3 aromatic rings. The molecule has 1 aliphatic heterocycles. The molecule has 0 saturated carbocycles. The molecule has 2 aromatic carbocycles. The Balaban J connectivity index is 1.27. The van der Waals surface area contributed by atoms with Crippen LogP contribution in [0.25, 0.3) is 0 Å². The number of hydrogen-bond acceptors (Lipinski definition) is 8. The minimum Gasteiger partial charge on any atom is -0.382 e. The SMILES string of the molecule is Nc1c(CNCC2N=NN(Cc3ccccc3)C2N)nnn1Cc1ccccc1. The Morgan fingerprint density at radius 1 is 0.931 bits per heavy atom. The predicted octanol–water partition coefficient (Wildman–Crippen LogP) is 1.53. The highest BCUT2D eigenvalue weighted by Gasteiger charge is 2.29. The van der Waals surface area contributed by atoms with E-state index in [9.17, 15) is 0 Å². The van der Waals surface area contributed by atoms with Crippen molar-refractivity contribution < 1.29 is 0 Å². The molecule has 1 aromatic heterocycles. The van der Waals surface area contributed by atoms with Gasteiger partial charge in [0.25, 0.3) is 0 Å². The molecule has 2 unspecified atom stereocenters. The number of aromatic nitrogens is 3. The van der Waals surface area contributed by atoms with Gasteiger partial charge in [-0.3, -0.25) is 5.01 Å². The lowest BCUT2D eigenvalue weighted by Crippen LogP contribution is -2.46. The van der Waals surface area contributed by atoms with Crippen LogP contribution in [0.4, 0.5) is 5.82 Å². The highest BCUT2D eigenvalue weighted by atomic mass is 15.6. The van der Waals surface area contributed by atoms with Gasteiger partial charge in [0.1, 0.15) is 23.7 Å². The summed E-state index contributed by atoms with van der Waals surface area (Å²) in [5.74, 6) is 0.560. The van der Waals surface area contributed by atoms with Gasteiger partial charge in [0.2, 0.25) is 0 Å². The van der Waals surface area contributed by atoms with Crippen molar-refractivity contribution in [2.24, 2.45) is 16.1 Å². The van der Waals surface area contributed by atoms with E-state index in [0.29, 0.717) is 37.7 Å². The van der Waals surface area contributed by atoms with E-state index >= 15 is 0 Å². The zero-order chi connectivity index (χ0) is 20.1. The maximum absolute atomic E-state index is 6.31. The van der Waals surface area contributed by atoms with Crippen LogP contribution in [0.5, 0.6) is 0 Å². The third kappa shape index (κ3) is 4.58. The van der Waals surface area contributed by atoms with Crippen molar-refractivity contribution in [3.63, 3.8) is 0 Å². The predicted molar refractivity (Wildman–Crippen MR) is 110 cm³/mol. The molecule has 1 aliphatic rings. The van der Waals surface area contributed by atoms with Crippen molar-refractivity contribution in [3.8, 4) is 0 Å². The summed E-state index contributed by atoms with van der Waals surface area (Å²) in [6.07, 6.45) is -0.270. The summed E-state index contributed by atoms with van der Waals surface area (Å²) in [7, 11) is 0. The maximum Gasteiger partial charge on any atom is 0.147 e.